The van der Waals surface area contributed by atoms with E-state index >= 15 is 0 Å². The minimum absolute atomic E-state index is 0.0890. The molecular weight excluding hydrogens is 202 g/mol. The maximum Gasteiger partial charge on any atom is 0.305 e. The SMILES string of the molecule is CCNC(C)(CC(=O)O)c1ccccc1C. The molecule has 0 saturated heterocycles. The lowest BCUT2D eigenvalue weighted by Crippen LogP contribution is -2.41. The molecule has 88 valence electrons. The highest BCUT2D eigenvalue weighted by Crippen LogP contribution is 2.27. The Morgan fingerprint density at radius 1 is 1.44 bits per heavy atom. The van der Waals surface area contributed by atoms with E-state index < -0.39 is 11.5 Å². The molecule has 0 bridgehead atoms. The van der Waals surface area contributed by atoms with Crippen molar-refractivity contribution < 1.29 is 9.90 Å². The van der Waals surface area contributed by atoms with Crippen LogP contribution in [0.1, 0.15) is 31.4 Å². The highest BCUT2D eigenvalue weighted by atomic mass is 16.4. The summed E-state index contributed by atoms with van der Waals surface area (Å²) in [5.74, 6) is -0.785. The zero-order valence-corrected chi connectivity index (χ0v) is 10.1. The first kappa shape index (κ1) is 12.7. The fourth-order valence-corrected chi connectivity index (χ4v) is 2.14. The zero-order chi connectivity index (χ0) is 12.2. The van der Waals surface area contributed by atoms with Crippen molar-refractivity contribution in [3.63, 3.8) is 0 Å². The molecule has 1 aromatic carbocycles. The van der Waals surface area contributed by atoms with Gasteiger partial charge in [-0.1, -0.05) is 31.2 Å². The van der Waals surface area contributed by atoms with Crippen molar-refractivity contribution in [1.29, 1.82) is 0 Å². The molecule has 2 N–H and O–H groups in total. The maximum atomic E-state index is 10.9. The molecule has 3 heteroatoms. The summed E-state index contributed by atoms with van der Waals surface area (Å²) in [5, 5.41) is 12.3. The number of rotatable bonds is 5. The van der Waals surface area contributed by atoms with Crippen molar-refractivity contribution in [2.24, 2.45) is 0 Å². The highest BCUT2D eigenvalue weighted by molar-refractivity contribution is 5.69. The summed E-state index contributed by atoms with van der Waals surface area (Å²) in [6.07, 6.45) is 0.0890. The van der Waals surface area contributed by atoms with Crippen molar-refractivity contribution >= 4 is 5.97 Å². The van der Waals surface area contributed by atoms with Crippen LogP contribution in [0.2, 0.25) is 0 Å². The Hall–Kier alpha value is -1.35. The second-order valence-electron chi connectivity index (χ2n) is 4.25. The van der Waals surface area contributed by atoms with E-state index in [9.17, 15) is 4.79 Å². The molecule has 1 unspecified atom stereocenters. The molecule has 0 aliphatic carbocycles. The Bertz CT molecular complexity index is 376. The molecule has 3 nitrogen and oxygen atoms in total. The van der Waals surface area contributed by atoms with E-state index in [1.165, 1.54) is 0 Å². The number of carbonyl (C=O) groups is 1. The first-order chi connectivity index (χ1) is 7.49. The van der Waals surface area contributed by atoms with Gasteiger partial charge in [0, 0.05) is 0 Å². The van der Waals surface area contributed by atoms with Crippen LogP contribution in [0.5, 0.6) is 0 Å². The first-order valence-electron chi connectivity index (χ1n) is 5.52. The lowest BCUT2D eigenvalue weighted by atomic mass is 9.85. The highest BCUT2D eigenvalue weighted by Gasteiger charge is 2.29. The molecule has 0 aliphatic heterocycles. The standard InChI is InChI=1S/C13H19NO2/c1-4-14-13(3,9-12(15)16)11-8-6-5-7-10(11)2/h5-8,14H,4,9H2,1-3H3,(H,15,16). The van der Waals surface area contributed by atoms with Crippen LogP contribution < -0.4 is 5.32 Å². The molecule has 0 spiro atoms. The Morgan fingerprint density at radius 2 is 2.06 bits per heavy atom. The third-order valence-corrected chi connectivity index (χ3v) is 2.81. The smallest absolute Gasteiger partial charge is 0.305 e. The van der Waals surface area contributed by atoms with Gasteiger partial charge in [-0.3, -0.25) is 4.79 Å². The summed E-state index contributed by atoms with van der Waals surface area (Å²) in [6.45, 7) is 6.68. The van der Waals surface area contributed by atoms with E-state index in [1.807, 2.05) is 45.0 Å². The quantitative estimate of drug-likeness (QED) is 0.802. The summed E-state index contributed by atoms with van der Waals surface area (Å²) in [6, 6.07) is 7.90. The Balaban J connectivity index is 3.10. The number of benzene rings is 1. The molecular formula is C13H19NO2. The van der Waals surface area contributed by atoms with Crippen LogP contribution in [0, 0.1) is 6.92 Å². The number of nitrogens with one attached hydrogen (secondary N) is 1. The number of carboxylic acids is 1. The molecule has 0 amide bonds. The van der Waals surface area contributed by atoms with Gasteiger partial charge in [-0.2, -0.15) is 0 Å². The van der Waals surface area contributed by atoms with E-state index in [0.29, 0.717) is 0 Å². The van der Waals surface area contributed by atoms with Gasteiger partial charge in [0.25, 0.3) is 0 Å². The minimum atomic E-state index is -0.785. The predicted molar refractivity (Wildman–Crippen MR) is 64.5 cm³/mol. The largest absolute Gasteiger partial charge is 0.481 e. The van der Waals surface area contributed by atoms with Gasteiger partial charge in [-0.25, -0.2) is 0 Å². The van der Waals surface area contributed by atoms with Gasteiger partial charge in [0.05, 0.1) is 12.0 Å². The Labute approximate surface area is 96.5 Å². The van der Waals surface area contributed by atoms with E-state index in [-0.39, 0.29) is 6.42 Å². The molecule has 16 heavy (non-hydrogen) atoms. The Morgan fingerprint density at radius 3 is 2.56 bits per heavy atom. The molecule has 1 aromatic rings. The number of carboxylic acid groups (broad SMARTS) is 1. The number of aliphatic carboxylic acids is 1. The van der Waals surface area contributed by atoms with Crippen LogP contribution in [0.25, 0.3) is 0 Å². The van der Waals surface area contributed by atoms with Crippen LogP contribution in [-0.4, -0.2) is 17.6 Å². The molecule has 0 aromatic heterocycles. The lowest BCUT2D eigenvalue weighted by Gasteiger charge is -2.31. The molecule has 0 aliphatic rings. The van der Waals surface area contributed by atoms with Crippen molar-refractivity contribution in [2.45, 2.75) is 32.7 Å². The van der Waals surface area contributed by atoms with E-state index in [0.717, 1.165) is 17.7 Å². The van der Waals surface area contributed by atoms with Crippen LogP contribution in [0.3, 0.4) is 0 Å². The molecule has 0 radical (unpaired) electrons. The van der Waals surface area contributed by atoms with E-state index in [1.54, 1.807) is 0 Å². The average Bonchev–Trinajstić information content (AvgIpc) is 2.17. The van der Waals surface area contributed by atoms with Gasteiger partial charge < -0.3 is 10.4 Å². The van der Waals surface area contributed by atoms with Gasteiger partial charge in [0.1, 0.15) is 0 Å². The summed E-state index contributed by atoms with van der Waals surface area (Å²) in [4.78, 5) is 10.9. The van der Waals surface area contributed by atoms with Crippen LogP contribution >= 0.6 is 0 Å². The van der Waals surface area contributed by atoms with Crippen molar-refractivity contribution in [2.75, 3.05) is 6.54 Å². The maximum absolute atomic E-state index is 10.9. The minimum Gasteiger partial charge on any atom is -0.481 e. The summed E-state index contributed by atoms with van der Waals surface area (Å²) in [7, 11) is 0. The van der Waals surface area contributed by atoms with E-state index in [4.69, 9.17) is 5.11 Å². The fourth-order valence-electron chi connectivity index (χ4n) is 2.14. The predicted octanol–water partition coefficient (Wildman–Crippen LogP) is 2.29. The molecule has 0 heterocycles. The number of hydrogen-bond donors (Lipinski definition) is 2. The summed E-state index contributed by atoms with van der Waals surface area (Å²) >= 11 is 0. The lowest BCUT2D eigenvalue weighted by molar-refractivity contribution is -0.138. The molecule has 0 saturated carbocycles. The average molecular weight is 221 g/mol. The second-order valence-corrected chi connectivity index (χ2v) is 4.25. The molecule has 1 atom stereocenters. The van der Waals surface area contributed by atoms with Gasteiger partial charge in [-0.15, -0.1) is 0 Å². The monoisotopic (exact) mass is 221 g/mol. The fraction of sp³-hybridized carbons (Fsp3) is 0.462. The molecule has 1 rings (SSSR count). The number of aryl methyl sites for hydroxylation is 1. The molecule has 0 fully saturated rings. The van der Waals surface area contributed by atoms with Crippen molar-refractivity contribution in [3.8, 4) is 0 Å². The van der Waals surface area contributed by atoms with Crippen molar-refractivity contribution in [1.82, 2.24) is 5.32 Å². The van der Waals surface area contributed by atoms with Gasteiger partial charge in [-0.05, 0) is 31.5 Å². The second kappa shape index (κ2) is 5.12. The first-order valence-corrected chi connectivity index (χ1v) is 5.52. The van der Waals surface area contributed by atoms with Crippen LogP contribution in [-0.2, 0) is 10.3 Å². The zero-order valence-electron chi connectivity index (χ0n) is 10.1. The summed E-state index contributed by atoms with van der Waals surface area (Å²) < 4.78 is 0. The third-order valence-electron chi connectivity index (χ3n) is 2.81. The van der Waals surface area contributed by atoms with E-state index in [2.05, 4.69) is 5.32 Å². The topological polar surface area (TPSA) is 49.3 Å². The third kappa shape index (κ3) is 2.83. The van der Waals surface area contributed by atoms with Gasteiger partial charge in [0.15, 0.2) is 0 Å². The normalized spacial score (nSPS) is 14.4. The van der Waals surface area contributed by atoms with Gasteiger partial charge in [0.2, 0.25) is 0 Å². The van der Waals surface area contributed by atoms with Gasteiger partial charge >= 0.3 is 5.97 Å². The Kier molecular flexibility index (Phi) is 4.07. The summed E-state index contributed by atoms with van der Waals surface area (Å²) in [5.41, 5.74) is 1.68. The van der Waals surface area contributed by atoms with Crippen LogP contribution in [0.4, 0.5) is 0 Å². The van der Waals surface area contributed by atoms with Crippen LogP contribution in [0.15, 0.2) is 24.3 Å². The number of hydrogen-bond acceptors (Lipinski definition) is 2. The van der Waals surface area contributed by atoms with Crippen molar-refractivity contribution in [3.05, 3.63) is 35.4 Å².